The van der Waals surface area contributed by atoms with Gasteiger partial charge in [-0.1, -0.05) is 0 Å². The lowest BCUT2D eigenvalue weighted by Gasteiger charge is -2.40. The van der Waals surface area contributed by atoms with Gasteiger partial charge in [-0.25, -0.2) is 4.98 Å². The first kappa shape index (κ1) is 12.6. The Kier molecular flexibility index (Phi) is 3.52. The predicted octanol–water partition coefficient (Wildman–Crippen LogP) is 0.361. The number of nitrogen functional groups attached to an aromatic ring is 1. The second-order valence-corrected chi connectivity index (χ2v) is 5.29. The minimum absolute atomic E-state index is 0.381. The average molecular weight is 263 g/mol. The van der Waals surface area contributed by atoms with E-state index in [1.165, 1.54) is 0 Å². The van der Waals surface area contributed by atoms with E-state index in [2.05, 4.69) is 26.3 Å². The molecule has 1 aromatic heterocycles. The third-order valence-corrected chi connectivity index (χ3v) is 4.00. The molecule has 0 amide bonds. The number of aromatic nitrogens is 2. The second kappa shape index (κ2) is 5.30. The Hall–Kier alpha value is -1.40. The van der Waals surface area contributed by atoms with Crippen LogP contribution in [-0.2, 0) is 4.74 Å². The van der Waals surface area contributed by atoms with E-state index in [4.69, 9.17) is 10.5 Å². The molecule has 3 heterocycles. The highest BCUT2D eigenvalue weighted by molar-refractivity contribution is 5.47. The van der Waals surface area contributed by atoms with Crippen LogP contribution in [-0.4, -0.2) is 49.4 Å². The Labute approximate surface area is 113 Å². The third kappa shape index (κ3) is 2.64. The SMILES string of the molecule is CNC1CN(c2cc(C3CCOCC3)nc(N)n2)C1. The first-order valence-corrected chi connectivity index (χ1v) is 6.90. The molecule has 0 saturated carbocycles. The van der Waals surface area contributed by atoms with E-state index in [1.54, 1.807) is 0 Å². The molecule has 6 nitrogen and oxygen atoms in total. The van der Waals surface area contributed by atoms with E-state index in [1.807, 2.05) is 7.05 Å². The molecule has 104 valence electrons. The van der Waals surface area contributed by atoms with Crippen LogP contribution in [0.25, 0.3) is 0 Å². The molecular formula is C13H21N5O. The number of hydrogen-bond acceptors (Lipinski definition) is 6. The van der Waals surface area contributed by atoms with E-state index in [9.17, 15) is 0 Å². The third-order valence-electron chi connectivity index (χ3n) is 4.00. The van der Waals surface area contributed by atoms with Crippen LogP contribution in [0.2, 0.25) is 0 Å². The average Bonchev–Trinajstić information content (AvgIpc) is 2.38. The fraction of sp³-hybridized carbons (Fsp3) is 0.692. The first-order chi connectivity index (χ1) is 9.26. The van der Waals surface area contributed by atoms with Gasteiger partial charge in [-0.05, 0) is 19.9 Å². The van der Waals surface area contributed by atoms with E-state index in [-0.39, 0.29) is 0 Å². The fourth-order valence-electron chi connectivity index (χ4n) is 2.68. The van der Waals surface area contributed by atoms with E-state index < -0.39 is 0 Å². The Morgan fingerprint density at radius 3 is 2.74 bits per heavy atom. The van der Waals surface area contributed by atoms with Crippen molar-refractivity contribution in [3.8, 4) is 0 Å². The van der Waals surface area contributed by atoms with Gasteiger partial charge in [0.2, 0.25) is 5.95 Å². The molecule has 0 spiro atoms. The van der Waals surface area contributed by atoms with E-state index in [0.29, 0.717) is 17.9 Å². The highest BCUT2D eigenvalue weighted by Gasteiger charge is 2.27. The molecule has 3 N–H and O–H groups in total. The van der Waals surface area contributed by atoms with Crippen LogP contribution in [0, 0.1) is 0 Å². The molecule has 0 aliphatic carbocycles. The summed E-state index contributed by atoms with van der Waals surface area (Å²) in [6.07, 6.45) is 2.05. The molecule has 19 heavy (non-hydrogen) atoms. The molecule has 0 unspecified atom stereocenters. The van der Waals surface area contributed by atoms with E-state index in [0.717, 1.165) is 50.7 Å². The van der Waals surface area contributed by atoms with Crippen molar-refractivity contribution in [3.63, 3.8) is 0 Å². The molecule has 2 saturated heterocycles. The monoisotopic (exact) mass is 263 g/mol. The fourth-order valence-corrected chi connectivity index (χ4v) is 2.68. The van der Waals surface area contributed by atoms with Gasteiger partial charge in [-0.2, -0.15) is 4.98 Å². The zero-order valence-corrected chi connectivity index (χ0v) is 11.3. The van der Waals surface area contributed by atoms with Crippen LogP contribution in [0.3, 0.4) is 0 Å². The summed E-state index contributed by atoms with van der Waals surface area (Å²) >= 11 is 0. The van der Waals surface area contributed by atoms with Gasteiger partial charge in [-0.15, -0.1) is 0 Å². The van der Waals surface area contributed by atoms with Crippen LogP contribution >= 0.6 is 0 Å². The Bertz CT molecular complexity index is 441. The molecule has 3 rings (SSSR count). The van der Waals surface area contributed by atoms with Gasteiger partial charge in [0.15, 0.2) is 0 Å². The summed E-state index contributed by atoms with van der Waals surface area (Å²) in [5.74, 6) is 1.80. The lowest BCUT2D eigenvalue weighted by molar-refractivity contribution is 0.0845. The summed E-state index contributed by atoms with van der Waals surface area (Å²) in [7, 11) is 1.99. The van der Waals surface area contributed by atoms with Crippen molar-refractivity contribution in [1.29, 1.82) is 0 Å². The van der Waals surface area contributed by atoms with Crippen LogP contribution in [0.1, 0.15) is 24.5 Å². The van der Waals surface area contributed by atoms with Crippen molar-refractivity contribution in [3.05, 3.63) is 11.8 Å². The Morgan fingerprint density at radius 1 is 1.32 bits per heavy atom. The summed E-state index contributed by atoms with van der Waals surface area (Å²) in [5, 5.41) is 3.26. The lowest BCUT2D eigenvalue weighted by atomic mass is 9.96. The summed E-state index contributed by atoms with van der Waals surface area (Å²) in [4.78, 5) is 11.0. The van der Waals surface area contributed by atoms with Crippen molar-refractivity contribution in [2.24, 2.45) is 0 Å². The number of rotatable bonds is 3. The van der Waals surface area contributed by atoms with Crippen molar-refractivity contribution >= 4 is 11.8 Å². The summed E-state index contributed by atoms with van der Waals surface area (Å²) < 4.78 is 5.40. The van der Waals surface area contributed by atoms with E-state index >= 15 is 0 Å². The molecule has 0 aromatic carbocycles. The zero-order chi connectivity index (χ0) is 13.2. The number of ether oxygens (including phenoxy) is 1. The van der Waals surface area contributed by atoms with Crippen molar-refractivity contribution in [2.45, 2.75) is 24.8 Å². The summed E-state index contributed by atoms with van der Waals surface area (Å²) in [6.45, 7) is 3.60. The topological polar surface area (TPSA) is 76.3 Å². The highest BCUT2D eigenvalue weighted by atomic mass is 16.5. The minimum Gasteiger partial charge on any atom is -0.381 e. The Balaban J connectivity index is 1.76. The maximum Gasteiger partial charge on any atom is 0.222 e. The van der Waals surface area contributed by atoms with Crippen LogP contribution < -0.4 is 16.0 Å². The Morgan fingerprint density at radius 2 is 2.05 bits per heavy atom. The predicted molar refractivity (Wildman–Crippen MR) is 74.3 cm³/mol. The van der Waals surface area contributed by atoms with Gasteiger partial charge in [0.25, 0.3) is 0 Å². The van der Waals surface area contributed by atoms with Crippen LogP contribution in [0.15, 0.2) is 6.07 Å². The van der Waals surface area contributed by atoms with Crippen molar-refractivity contribution in [1.82, 2.24) is 15.3 Å². The number of likely N-dealkylation sites (N-methyl/N-ethyl adjacent to an activating group) is 1. The number of nitrogens with one attached hydrogen (secondary N) is 1. The van der Waals surface area contributed by atoms with Gasteiger partial charge in [-0.3, -0.25) is 0 Å². The molecule has 0 atom stereocenters. The van der Waals surface area contributed by atoms with Crippen LogP contribution in [0.4, 0.5) is 11.8 Å². The molecule has 0 bridgehead atoms. The number of hydrogen-bond donors (Lipinski definition) is 2. The standard InChI is InChI=1S/C13H21N5O/c1-15-10-7-18(8-10)12-6-11(16-13(14)17-12)9-2-4-19-5-3-9/h6,9-10,15H,2-5,7-8H2,1H3,(H2,14,16,17). The van der Waals surface area contributed by atoms with Gasteiger partial charge >= 0.3 is 0 Å². The molecule has 0 radical (unpaired) electrons. The molecular weight excluding hydrogens is 242 g/mol. The maximum atomic E-state index is 5.85. The normalized spacial score (nSPS) is 21.4. The number of anilines is 2. The molecule has 2 fully saturated rings. The summed E-state index contributed by atoms with van der Waals surface area (Å²) in [5.41, 5.74) is 6.92. The van der Waals surface area contributed by atoms with Crippen molar-refractivity contribution in [2.75, 3.05) is 44.0 Å². The van der Waals surface area contributed by atoms with Gasteiger partial charge < -0.3 is 20.7 Å². The molecule has 6 heteroatoms. The molecule has 1 aromatic rings. The maximum absolute atomic E-state index is 5.85. The molecule has 2 aliphatic heterocycles. The highest BCUT2D eigenvalue weighted by Crippen LogP contribution is 2.29. The largest absolute Gasteiger partial charge is 0.381 e. The zero-order valence-electron chi connectivity index (χ0n) is 11.3. The van der Waals surface area contributed by atoms with Crippen molar-refractivity contribution < 1.29 is 4.74 Å². The van der Waals surface area contributed by atoms with Gasteiger partial charge in [0.05, 0.1) is 5.69 Å². The smallest absolute Gasteiger partial charge is 0.222 e. The molecule has 2 aliphatic rings. The van der Waals surface area contributed by atoms with Gasteiger partial charge in [0.1, 0.15) is 5.82 Å². The quantitative estimate of drug-likeness (QED) is 0.820. The van der Waals surface area contributed by atoms with Crippen LogP contribution in [0.5, 0.6) is 0 Å². The first-order valence-electron chi connectivity index (χ1n) is 6.90. The summed E-state index contributed by atoms with van der Waals surface area (Å²) in [6, 6.07) is 2.65. The number of nitrogens with two attached hydrogens (primary N) is 1. The lowest BCUT2D eigenvalue weighted by Crippen LogP contribution is -2.57. The van der Waals surface area contributed by atoms with Gasteiger partial charge in [0, 0.05) is 44.3 Å². The minimum atomic E-state index is 0.381. The second-order valence-electron chi connectivity index (χ2n) is 5.29. The number of nitrogens with zero attached hydrogens (tertiary/aromatic N) is 3.